The highest BCUT2D eigenvalue weighted by Gasteiger charge is 2.33. The molecule has 5 rings (SSSR count). The van der Waals surface area contributed by atoms with Crippen LogP contribution < -0.4 is 10.1 Å². The molecule has 30 heavy (non-hydrogen) atoms. The summed E-state index contributed by atoms with van der Waals surface area (Å²) >= 11 is 12.3. The van der Waals surface area contributed by atoms with Crippen LogP contribution in [0, 0.1) is 0 Å². The highest BCUT2D eigenvalue weighted by molar-refractivity contribution is 6.33. The Hall–Kier alpha value is -2.58. The lowest BCUT2D eigenvalue weighted by atomic mass is 10.0. The molecule has 9 heteroatoms. The minimum atomic E-state index is -0.299. The molecular formula is C21H18Cl2N4O3. The second-order valence-corrected chi connectivity index (χ2v) is 8.17. The standard InChI is InChI=1S/C21H18Cl2N4O3/c22-11-1-2-16-12(7-11)17(26-25-16)9-18-20(29)13-8-15(23)19(28)14(21(13)30-18)10-27-5-3-24-4-6-27/h1-2,7-9,24,28H,3-6,10H2,(H,25,26). The van der Waals surface area contributed by atoms with Crippen molar-refractivity contribution in [1.82, 2.24) is 20.4 Å². The minimum Gasteiger partial charge on any atom is -0.506 e. The van der Waals surface area contributed by atoms with E-state index in [2.05, 4.69) is 20.4 Å². The number of nitrogens with zero attached hydrogens (tertiary/aromatic N) is 2. The maximum atomic E-state index is 13.0. The maximum absolute atomic E-state index is 13.0. The van der Waals surface area contributed by atoms with Gasteiger partial charge in [0.2, 0.25) is 5.78 Å². The number of fused-ring (bicyclic) bond motifs is 2. The van der Waals surface area contributed by atoms with Crippen molar-refractivity contribution in [1.29, 1.82) is 0 Å². The van der Waals surface area contributed by atoms with E-state index >= 15 is 0 Å². The highest BCUT2D eigenvalue weighted by Crippen LogP contribution is 2.44. The number of carbonyl (C=O) groups excluding carboxylic acids is 1. The summed E-state index contributed by atoms with van der Waals surface area (Å²) in [6.45, 7) is 3.83. The number of aromatic nitrogens is 2. The number of piperazine rings is 1. The van der Waals surface area contributed by atoms with E-state index in [9.17, 15) is 9.90 Å². The smallest absolute Gasteiger partial charge is 0.232 e. The summed E-state index contributed by atoms with van der Waals surface area (Å²) < 4.78 is 5.94. The van der Waals surface area contributed by atoms with Crippen LogP contribution in [0.4, 0.5) is 0 Å². The van der Waals surface area contributed by atoms with Crippen LogP contribution in [-0.2, 0) is 6.54 Å². The second kappa shape index (κ2) is 7.59. The number of benzene rings is 2. The van der Waals surface area contributed by atoms with Gasteiger partial charge in [-0.3, -0.25) is 14.8 Å². The van der Waals surface area contributed by atoms with Gasteiger partial charge in [-0.1, -0.05) is 23.2 Å². The first-order valence-corrected chi connectivity index (χ1v) is 10.3. The molecule has 0 bridgehead atoms. The molecule has 0 atom stereocenters. The summed E-state index contributed by atoms with van der Waals surface area (Å²) in [5.74, 6) is 0.123. The number of phenols is 1. The van der Waals surface area contributed by atoms with Crippen LogP contribution in [-0.4, -0.2) is 52.2 Å². The van der Waals surface area contributed by atoms with Gasteiger partial charge >= 0.3 is 0 Å². The van der Waals surface area contributed by atoms with Crippen molar-refractivity contribution in [2.75, 3.05) is 26.2 Å². The molecule has 0 amide bonds. The molecule has 3 aromatic rings. The molecule has 2 aromatic carbocycles. The Kier molecular flexibility index (Phi) is 4.91. The van der Waals surface area contributed by atoms with Crippen LogP contribution in [0.2, 0.25) is 10.0 Å². The van der Waals surface area contributed by atoms with E-state index in [0.717, 1.165) is 37.1 Å². The van der Waals surface area contributed by atoms with Gasteiger partial charge in [-0.05, 0) is 24.3 Å². The van der Waals surface area contributed by atoms with Crippen molar-refractivity contribution < 1.29 is 14.6 Å². The third kappa shape index (κ3) is 3.33. The molecule has 2 aliphatic heterocycles. The number of aromatic amines is 1. The van der Waals surface area contributed by atoms with E-state index in [1.54, 1.807) is 18.2 Å². The van der Waals surface area contributed by atoms with Gasteiger partial charge in [0, 0.05) is 49.2 Å². The number of nitrogens with one attached hydrogen (secondary N) is 2. The van der Waals surface area contributed by atoms with Crippen LogP contribution in [0.25, 0.3) is 17.0 Å². The van der Waals surface area contributed by atoms with Gasteiger partial charge in [-0.15, -0.1) is 0 Å². The normalized spacial score (nSPS) is 18.2. The van der Waals surface area contributed by atoms with Crippen LogP contribution in [0.15, 0.2) is 30.0 Å². The summed E-state index contributed by atoms with van der Waals surface area (Å²) in [6, 6.07) is 6.81. The Bertz CT molecular complexity index is 1200. The summed E-state index contributed by atoms with van der Waals surface area (Å²) in [4.78, 5) is 15.2. The van der Waals surface area contributed by atoms with Gasteiger partial charge in [0.1, 0.15) is 11.5 Å². The first-order valence-electron chi connectivity index (χ1n) is 9.56. The lowest BCUT2D eigenvalue weighted by Crippen LogP contribution is -2.42. The van der Waals surface area contributed by atoms with Crippen LogP contribution in [0.3, 0.4) is 0 Å². The van der Waals surface area contributed by atoms with Crippen LogP contribution in [0.1, 0.15) is 21.6 Å². The van der Waals surface area contributed by atoms with E-state index in [-0.39, 0.29) is 22.3 Å². The molecule has 0 aliphatic carbocycles. The Morgan fingerprint density at radius 1 is 1.23 bits per heavy atom. The van der Waals surface area contributed by atoms with Gasteiger partial charge in [-0.2, -0.15) is 5.10 Å². The fraction of sp³-hybridized carbons (Fsp3) is 0.238. The minimum absolute atomic E-state index is 0.0556. The van der Waals surface area contributed by atoms with Crippen LogP contribution >= 0.6 is 23.2 Å². The molecular weight excluding hydrogens is 427 g/mol. The number of halogens is 2. The predicted octanol–water partition coefficient (Wildman–Crippen LogP) is 3.60. The highest BCUT2D eigenvalue weighted by atomic mass is 35.5. The van der Waals surface area contributed by atoms with E-state index in [1.165, 1.54) is 6.07 Å². The Labute approximate surface area is 182 Å². The Morgan fingerprint density at radius 2 is 2.03 bits per heavy atom. The van der Waals surface area contributed by atoms with Gasteiger partial charge in [0.25, 0.3) is 0 Å². The summed E-state index contributed by atoms with van der Waals surface area (Å²) in [7, 11) is 0. The number of phenolic OH excluding ortho intramolecular Hbond substituents is 1. The zero-order chi connectivity index (χ0) is 20.8. The number of ether oxygens (including phenoxy) is 1. The van der Waals surface area contributed by atoms with Gasteiger partial charge in [0.05, 0.1) is 27.4 Å². The first kappa shape index (κ1) is 19.4. The van der Waals surface area contributed by atoms with Crippen LogP contribution in [0.5, 0.6) is 11.5 Å². The number of allylic oxidation sites excluding steroid dienone is 1. The van der Waals surface area contributed by atoms with E-state index in [1.807, 2.05) is 6.07 Å². The number of ketones is 1. The molecule has 0 saturated carbocycles. The summed E-state index contributed by atoms with van der Waals surface area (Å²) in [5, 5.41) is 22.5. The lowest BCUT2D eigenvalue weighted by molar-refractivity contribution is 0.101. The predicted molar refractivity (Wildman–Crippen MR) is 115 cm³/mol. The van der Waals surface area contributed by atoms with Crippen molar-refractivity contribution in [3.05, 3.63) is 56.9 Å². The Morgan fingerprint density at radius 3 is 2.83 bits per heavy atom. The number of H-pyrrole nitrogens is 1. The SMILES string of the molecule is O=C1C(=Cc2n[nH]c3ccc(Cl)cc23)Oc2c1cc(Cl)c(O)c2CN1CCNCC1. The quantitative estimate of drug-likeness (QED) is 0.534. The van der Waals surface area contributed by atoms with Crippen molar-refractivity contribution >= 4 is 46.0 Å². The van der Waals surface area contributed by atoms with Crippen molar-refractivity contribution in [3.8, 4) is 11.5 Å². The number of Topliss-reactive ketones (excluding diaryl/α,β-unsaturated/α-hetero) is 1. The van der Waals surface area contributed by atoms with Crippen molar-refractivity contribution in [3.63, 3.8) is 0 Å². The fourth-order valence-corrected chi connectivity index (χ4v) is 4.22. The maximum Gasteiger partial charge on any atom is 0.232 e. The lowest BCUT2D eigenvalue weighted by Gasteiger charge is -2.28. The summed E-state index contributed by atoms with van der Waals surface area (Å²) in [5.41, 5.74) is 2.20. The molecule has 154 valence electrons. The molecule has 0 radical (unpaired) electrons. The van der Waals surface area contributed by atoms with Crippen molar-refractivity contribution in [2.24, 2.45) is 0 Å². The zero-order valence-corrected chi connectivity index (χ0v) is 17.3. The molecule has 3 N–H and O–H groups in total. The van der Waals surface area contributed by atoms with Gasteiger partial charge < -0.3 is 15.2 Å². The molecule has 0 spiro atoms. The number of rotatable bonds is 3. The average molecular weight is 445 g/mol. The van der Waals surface area contributed by atoms with Gasteiger partial charge in [-0.25, -0.2) is 0 Å². The molecule has 2 aliphatic rings. The largest absolute Gasteiger partial charge is 0.506 e. The average Bonchev–Trinajstić information content (AvgIpc) is 3.28. The topological polar surface area (TPSA) is 90.5 Å². The second-order valence-electron chi connectivity index (χ2n) is 7.33. The third-order valence-electron chi connectivity index (χ3n) is 5.40. The number of aromatic hydroxyl groups is 1. The molecule has 1 saturated heterocycles. The number of hydrogen-bond acceptors (Lipinski definition) is 6. The number of carbonyl (C=O) groups is 1. The van der Waals surface area contributed by atoms with E-state index < -0.39 is 0 Å². The molecule has 3 heterocycles. The van der Waals surface area contributed by atoms with Gasteiger partial charge in [0.15, 0.2) is 5.76 Å². The molecule has 1 aromatic heterocycles. The van der Waals surface area contributed by atoms with Crippen molar-refractivity contribution in [2.45, 2.75) is 6.54 Å². The van der Waals surface area contributed by atoms with E-state index in [4.69, 9.17) is 27.9 Å². The third-order valence-corrected chi connectivity index (χ3v) is 5.92. The molecule has 0 unspecified atom stereocenters. The zero-order valence-electron chi connectivity index (χ0n) is 15.8. The summed E-state index contributed by atoms with van der Waals surface area (Å²) in [6.07, 6.45) is 1.58. The fourth-order valence-electron chi connectivity index (χ4n) is 3.82. The first-order chi connectivity index (χ1) is 14.5. The number of hydrogen-bond donors (Lipinski definition) is 3. The van der Waals surface area contributed by atoms with E-state index in [0.29, 0.717) is 34.1 Å². The monoisotopic (exact) mass is 444 g/mol. The Balaban J connectivity index is 1.54. The molecule has 7 nitrogen and oxygen atoms in total. The molecule has 1 fully saturated rings.